The van der Waals surface area contributed by atoms with Crippen LogP contribution in [0.1, 0.15) is 80.1 Å². The lowest BCUT2D eigenvalue weighted by Gasteiger charge is -2.34. The Kier molecular flexibility index (Phi) is 8.42. The summed E-state index contributed by atoms with van der Waals surface area (Å²) in [5.41, 5.74) is 3.31. The summed E-state index contributed by atoms with van der Waals surface area (Å²) >= 11 is 1.54. The monoisotopic (exact) mass is 580 g/mol. The van der Waals surface area contributed by atoms with Gasteiger partial charge >= 0.3 is 6.09 Å². The number of methoxy groups -OCH3 is 1. The summed E-state index contributed by atoms with van der Waals surface area (Å²) in [7, 11) is 1.41. The number of hydrogen-bond donors (Lipinski definition) is 1. The van der Waals surface area contributed by atoms with Gasteiger partial charge in [-0.05, 0) is 42.9 Å². The van der Waals surface area contributed by atoms with Gasteiger partial charge in [0.2, 0.25) is 11.7 Å². The first-order valence-corrected chi connectivity index (χ1v) is 15.1. The first-order chi connectivity index (χ1) is 19.6. The van der Waals surface area contributed by atoms with Crippen molar-refractivity contribution in [3.8, 4) is 0 Å². The molecule has 4 heterocycles. The van der Waals surface area contributed by atoms with Crippen LogP contribution in [-0.4, -0.2) is 47.1 Å². The van der Waals surface area contributed by atoms with Gasteiger partial charge in [-0.1, -0.05) is 52.0 Å². The number of rotatable bonds is 7. The number of benzene rings is 1. The molecule has 220 valence electrons. The van der Waals surface area contributed by atoms with E-state index >= 15 is 0 Å². The molecule has 2 aliphatic heterocycles. The summed E-state index contributed by atoms with van der Waals surface area (Å²) in [5, 5.41) is 8.92. The standard InChI is InChI=1S/C31H40N4O5S/c1-7-20-10-8-9-11-22(20)23(40-21-12-15-34(16-13-21)30(37)38-6)18-35-29-24(25(36)27(33-35)31(3,4)5)19(2)26(41-29)28-32-14-17-39-28/h8-11,14,17,21,23,28,32H,7,12-13,15-16,18H2,1-6H3. The van der Waals surface area contributed by atoms with Crippen LogP contribution in [-0.2, 0) is 32.6 Å². The maximum atomic E-state index is 13.8. The molecule has 1 aromatic carbocycles. The van der Waals surface area contributed by atoms with Crippen molar-refractivity contribution in [1.29, 1.82) is 0 Å². The van der Waals surface area contributed by atoms with Gasteiger partial charge in [-0.2, -0.15) is 5.10 Å². The number of amides is 1. The third kappa shape index (κ3) is 5.85. The Labute approximate surface area is 245 Å². The lowest BCUT2D eigenvalue weighted by atomic mass is 9.91. The molecule has 1 fully saturated rings. The number of carbonyl (C=O) groups is 1. The van der Waals surface area contributed by atoms with Crippen LogP contribution in [0.5, 0.6) is 0 Å². The number of hydrogen-bond acceptors (Lipinski definition) is 8. The maximum absolute atomic E-state index is 13.8. The van der Waals surface area contributed by atoms with E-state index in [1.54, 1.807) is 17.4 Å². The molecule has 3 aromatic rings. The lowest BCUT2D eigenvalue weighted by molar-refractivity contribution is -0.0500. The van der Waals surface area contributed by atoms with Gasteiger partial charge in [0.15, 0.2) is 0 Å². The average Bonchev–Trinajstić information content (AvgIpc) is 3.61. The van der Waals surface area contributed by atoms with Crippen LogP contribution in [0.3, 0.4) is 0 Å². The average molecular weight is 581 g/mol. The Hall–Kier alpha value is -3.37. The molecule has 2 unspecified atom stereocenters. The van der Waals surface area contributed by atoms with Gasteiger partial charge in [0, 0.05) is 24.7 Å². The number of aryl methyl sites for hydroxylation is 2. The summed E-state index contributed by atoms with van der Waals surface area (Å²) in [6, 6.07) is 8.37. The lowest BCUT2D eigenvalue weighted by Crippen LogP contribution is -2.41. The molecule has 0 bridgehead atoms. The number of thiophene rings is 1. The fourth-order valence-corrected chi connectivity index (χ4v) is 6.92. The molecule has 10 heteroatoms. The van der Waals surface area contributed by atoms with E-state index in [0.29, 0.717) is 30.7 Å². The molecular weight excluding hydrogens is 540 g/mol. The number of piperidine rings is 1. The van der Waals surface area contributed by atoms with Crippen LogP contribution in [0.2, 0.25) is 0 Å². The van der Waals surface area contributed by atoms with E-state index in [0.717, 1.165) is 40.1 Å². The molecule has 1 N–H and O–H groups in total. The highest BCUT2D eigenvalue weighted by atomic mass is 32.1. The van der Waals surface area contributed by atoms with Crippen molar-refractivity contribution in [3.05, 3.63) is 74.2 Å². The smallest absolute Gasteiger partial charge is 0.409 e. The molecule has 9 nitrogen and oxygen atoms in total. The third-order valence-electron chi connectivity index (χ3n) is 7.89. The van der Waals surface area contributed by atoms with Gasteiger partial charge < -0.3 is 24.4 Å². The largest absolute Gasteiger partial charge is 0.472 e. The van der Waals surface area contributed by atoms with Crippen molar-refractivity contribution >= 4 is 27.6 Å². The predicted octanol–water partition coefficient (Wildman–Crippen LogP) is 5.70. The van der Waals surface area contributed by atoms with Gasteiger partial charge in [0.25, 0.3) is 0 Å². The molecule has 2 atom stereocenters. The molecule has 1 amide bonds. The predicted molar refractivity (Wildman–Crippen MR) is 160 cm³/mol. The fraction of sp³-hybridized carbons (Fsp3) is 0.516. The number of aromatic nitrogens is 2. The van der Waals surface area contributed by atoms with E-state index in [2.05, 4.69) is 30.4 Å². The van der Waals surface area contributed by atoms with Crippen LogP contribution >= 0.6 is 11.3 Å². The Morgan fingerprint density at radius 2 is 1.98 bits per heavy atom. The molecule has 0 radical (unpaired) electrons. The number of likely N-dealkylation sites (tertiary alicyclic amines) is 1. The zero-order chi connectivity index (χ0) is 29.3. The van der Waals surface area contributed by atoms with E-state index in [1.165, 1.54) is 24.0 Å². The van der Waals surface area contributed by atoms with E-state index in [9.17, 15) is 9.59 Å². The van der Waals surface area contributed by atoms with Crippen molar-refractivity contribution in [2.45, 2.75) is 84.3 Å². The van der Waals surface area contributed by atoms with Crippen LogP contribution in [0, 0.1) is 6.92 Å². The van der Waals surface area contributed by atoms with Crippen LogP contribution in [0.25, 0.3) is 10.2 Å². The second kappa shape index (κ2) is 11.9. The zero-order valence-corrected chi connectivity index (χ0v) is 25.5. The highest BCUT2D eigenvalue weighted by molar-refractivity contribution is 7.19. The Balaban J connectivity index is 1.57. The van der Waals surface area contributed by atoms with Crippen molar-refractivity contribution in [2.24, 2.45) is 0 Å². The second-order valence-electron chi connectivity index (χ2n) is 11.7. The fourth-order valence-electron chi connectivity index (χ4n) is 5.66. The number of fused-ring (bicyclic) bond motifs is 1. The molecule has 41 heavy (non-hydrogen) atoms. The maximum Gasteiger partial charge on any atom is 0.409 e. The molecule has 2 aliphatic rings. The SMILES string of the molecule is CCc1ccccc1C(Cn1nc(C(C)(C)C)c(=O)c2c(C)c(C3NC=CO3)sc21)OC1CCN(C(=O)OC)CC1. The molecule has 5 rings (SSSR count). The summed E-state index contributed by atoms with van der Waals surface area (Å²) in [6.45, 7) is 11.8. The van der Waals surface area contributed by atoms with Gasteiger partial charge in [-0.15, -0.1) is 11.3 Å². The number of carbonyl (C=O) groups excluding carboxylic acids is 1. The zero-order valence-electron chi connectivity index (χ0n) is 24.7. The normalized spacial score (nSPS) is 18.4. The molecule has 0 saturated carbocycles. The highest BCUT2D eigenvalue weighted by Gasteiger charge is 2.31. The van der Waals surface area contributed by atoms with E-state index in [1.807, 2.05) is 38.4 Å². The first-order valence-electron chi connectivity index (χ1n) is 14.3. The molecule has 2 aromatic heterocycles. The van der Waals surface area contributed by atoms with Crippen molar-refractivity contribution in [2.75, 3.05) is 20.2 Å². The summed E-state index contributed by atoms with van der Waals surface area (Å²) in [5.74, 6) is 0. The highest BCUT2D eigenvalue weighted by Crippen LogP contribution is 2.37. The Morgan fingerprint density at radius 1 is 1.24 bits per heavy atom. The third-order valence-corrected chi connectivity index (χ3v) is 9.24. The summed E-state index contributed by atoms with van der Waals surface area (Å²) in [6.07, 6.45) is 4.78. The van der Waals surface area contributed by atoms with Crippen molar-refractivity contribution in [1.82, 2.24) is 20.0 Å². The van der Waals surface area contributed by atoms with Crippen LogP contribution in [0.4, 0.5) is 4.79 Å². The number of ether oxygens (including phenoxy) is 3. The molecular formula is C31H40N4O5S. The van der Waals surface area contributed by atoms with Crippen molar-refractivity contribution in [3.63, 3.8) is 0 Å². The quantitative estimate of drug-likeness (QED) is 0.383. The topological polar surface area (TPSA) is 94.9 Å². The minimum absolute atomic E-state index is 0.0226. The van der Waals surface area contributed by atoms with Gasteiger partial charge in [0.1, 0.15) is 22.9 Å². The van der Waals surface area contributed by atoms with E-state index in [-0.39, 0.29) is 30.0 Å². The van der Waals surface area contributed by atoms with Gasteiger partial charge in [0.05, 0.1) is 30.0 Å². The minimum atomic E-state index is -0.441. The van der Waals surface area contributed by atoms with Crippen LogP contribution in [0.15, 0.2) is 41.5 Å². The van der Waals surface area contributed by atoms with Crippen LogP contribution < -0.4 is 10.7 Å². The van der Waals surface area contributed by atoms with E-state index < -0.39 is 5.41 Å². The van der Waals surface area contributed by atoms with E-state index in [4.69, 9.17) is 19.3 Å². The number of nitrogens with zero attached hydrogens (tertiary/aromatic N) is 3. The summed E-state index contributed by atoms with van der Waals surface area (Å²) in [4.78, 5) is 29.4. The molecule has 0 spiro atoms. The first kappa shape index (κ1) is 29.1. The summed E-state index contributed by atoms with van der Waals surface area (Å²) < 4.78 is 19.5. The molecule has 0 aliphatic carbocycles. The van der Waals surface area contributed by atoms with Gasteiger partial charge in [-0.25, -0.2) is 4.79 Å². The number of nitrogens with one attached hydrogen (secondary N) is 1. The molecule has 1 saturated heterocycles. The Bertz CT molecular complexity index is 1490. The van der Waals surface area contributed by atoms with Gasteiger partial charge in [-0.3, -0.25) is 9.48 Å². The second-order valence-corrected chi connectivity index (χ2v) is 12.7. The Morgan fingerprint density at radius 3 is 2.61 bits per heavy atom. The minimum Gasteiger partial charge on any atom is -0.472 e. The van der Waals surface area contributed by atoms with Crippen molar-refractivity contribution < 1.29 is 19.0 Å².